The number of aromatic nitrogens is 1. The molecule has 1 saturated heterocycles. The second-order valence-corrected chi connectivity index (χ2v) is 9.19. The fourth-order valence-electron chi connectivity index (χ4n) is 2.91. The number of halogens is 3. The Morgan fingerprint density at radius 2 is 1.97 bits per heavy atom. The Morgan fingerprint density at radius 1 is 1.30 bits per heavy atom. The molecule has 0 spiro atoms. The number of pyridine rings is 1. The van der Waals surface area contributed by atoms with Crippen molar-refractivity contribution in [3.63, 3.8) is 0 Å². The van der Waals surface area contributed by atoms with Crippen molar-refractivity contribution in [1.82, 2.24) is 15.6 Å². The van der Waals surface area contributed by atoms with Crippen LogP contribution in [0.15, 0.2) is 11.4 Å². The molecule has 11 heteroatoms. The smallest absolute Gasteiger partial charge is 0.417 e. The minimum absolute atomic E-state index is 0.0187. The molecule has 1 fully saturated rings. The molecule has 2 N–H and O–H groups in total. The van der Waals surface area contributed by atoms with Gasteiger partial charge in [0.1, 0.15) is 5.82 Å². The maximum absolute atomic E-state index is 13.6. The minimum atomic E-state index is -4.58. The van der Waals surface area contributed by atoms with Crippen LogP contribution in [0.2, 0.25) is 0 Å². The summed E-state index contributed by atoms with van der Waals surface area (Å²) in [7, 11) is 1.41. The lowest BCUT2D eigenvalue weighted by molar-refractivity contribution is -0.136. The summed E-state index contributed by atoms with van der Waals surface area (Å²) in [5.74, 6) is -0.386. The van der Waals surface area contributed by atoms with Crippen molar-refractivity contribution in [2.75, 3.05) is 31.6 Å². The van der Waals surface area contributed by atoms with Gasteiger partial charge < -0.3 is 20.3 Å². The predicted molar refractivity (Wildman–Crippen MR) is 108 cm³/mol. The van der Waals surface area contributed by atoms with E-state index in [0.717, 1.165) is 17.4 Å². The molecule has 0 aromatic carbocycles. The number of carbonyl (C=O) groups is 2. The normalized spacial score (nSPS) is 15.1. The number of nitrogens with zero attached hydrogens (tertiary/aromatic N) is 2. The number of nitrogens with one attached hydrogen (secondary N) is 2. The zero-order chi connectivity index (χ0) is 22.3. The number of amides is 2. The molecule has 2 amide bonds. The van der Waals surface area contributed by atoms with E-state index in [-0.39, 0.29) is 39.7 Å². The van der Waals surface area contributed by atoms with E-state index in [9.17, 15) is 22.8 Å². The first kappa shape index (κ1) is 22.1. The first-order valence-corrected chi connectivity index (χ1v) is 10.2. The standard InChI is InChI=1S/C19H23F3N4O3S/c1-18(2,3)9-29-17(28)24-10-6-26(7-10)13-5-12(19(20,21)22)15-14(25-13)11(8-30-15)16(27)23-4/h5,8,10H,6-7,9H2,1-4H3,(H,23,27)(H,24,28). The van der Waals surface area contributed by atoms with Crippen molar-refractivity contribution in [2.24, 2.45) is 5.41 Å². The molecule has 30 heavy (non-hydrogen) atoms. The zero-order valence-corrected chi connectivity index (χ0v) is 17.8. The summed E-state index contributed by atoms with van der Waals surface area (Å²) in [6, 6.07) is 0.728. The van der Waals surface area contributed by atoms with Crippen LogP contribution in [0, 0.1) is 5.41 Å². The Kier molecular flexibility index (Phi) is 5.85. The van der Waals surface area contributed by atoms with E-state index < -0.39 is 23.7 Å². The number of anilines is 1. The monoisotopic (exact) mass is 444 g/mol. The number of rotatable bonds is 4. The molecule has 3 rings (SSSR count). The van der Waals surface area contributed by atoms with Gasteiger partial charge in [0.2, 0.25) is 0 Å². The maximum atomic E-state index is 13.6. The third kappa shape index (κ3) is 4.77. The molecule has 0 aliphatic carbocycles. The highest BCUT2D eigenvalue weighted by atomic mass is 32.1. The topological polar surface area (TPSA) is 83.6 Å². The number of alkyl carbamates (subject to hydrolysis) is 1. The summed E-state index contributed by atoms with van der Waals surface area (Å²) in [5.41, 5.74) is -0.876. The number of ether oxygens (including phenoxy) is 1. The molecule has 0 unspecified atom stereocenters. The largest absolute Gasteiger partial charge is 0.449 e. The van der Waals surface area contributed by atoms with Crippen LogP contribution in [-0.2, 0) is 10.9 Å². The first-order valence-electron chi connectivity index (χ1n) is 9.29. The van der Waals surface area contributed by atoms with Crippen LogP contribution in [-0.4, -0.2) is 49.8 Å². The van der Waals surface area contributed by atoms with E-state index >= 15 is 0 Å². The van der Waals surface area contributed by atoms with E-state index in [1.54, 1.807) is 4.90 Å². The van der Waals surface area contributed by atoms with Crippen molar-refractivity contribution >= 4 is 39.4 Å². The van der Waals surface area contributed by atoms with E-state index in [0.29, 0.717) is 13.1 Å². The van der Waals surface area contributed by atoms with Crippen LogP contribution in [0.1, 0.15) is 36.7 Å². The number of carbonyl (C=O) groups excluding carboxylic acids is 2. The lowest BCUT2D eigenvalue weighted by Gasteiger charge is -2.40. The highest BCUT2D eigenvalue weighted by Gasteiger charge is 2.37. The molecular weight excluding hydrogens is 421 g/mol. The Balaban J connectivity index is 1.77. The van der Waals surface area contributed by atoms with E-state index in [4.69, 9.17) is 4.74 Å². The molecule has 7 nitrogen and oxygen atoms in total. The van der Waals surface area contributed by atoms with Gasteiger partial charge in [0, 0.05) is 25.5 Å². The predicted octanol–water partition coefficient (Wildman–Crippen LogP) is 3.64. The zero-order valence-electron chi connectivity index (χ0n) is 17.0. The fourth-order valence-corrected chi connectivity index (χ4v) is 3.93. The Hall–Kier alpha value is -2.56. The quantitative estimate of drug-likeness (QED) is 0.753. The molecule has 2 aromatic heterocycles. The molecule has 1 aliphatic heterocycles. The average molecular weight is 444 g/mol. The lowest BCUT2D eigenvalue weighted by atomic mass is 9.99. The van der Waals surface area contributed by atoms with Crippen molar-refractivity contribution in [3.8, 4) is 0 Å². The SMILES string of the molecule is CNC(=O)c1csc2c(C(F)(F)F)cc(N3CC(NC(=O)OCC(C)(C)C)C3)nc12. The second-order valence-electron chi connectivity index (χ2n) is 8.32. The van der Waals surface area contributed by atoms with Gasteiger partial charge >= 0.3 is 12.3 Å². The van der Waals surface area contributed by atoms with Crippen LogP contribution in [0.25, 0.3) is 10.2 Å². The van der Waals surface area contributed by atoms with Crippen LogP contribution in [0.3, 0.4) is 0 Å². The van der Waals surface area contributed by atoms with Crippen molar-refractivity contribution in [3.05, 3.63) is 22.6 Å². The Bertz CT molecular complexity index is 962. The number of hydrogen-bond donors (Lipinski definition) is 2. The van der Waals surface area contributed by atoms with Gasteiger partial charge in [-0.05, 0) is 11.5 Å². The van der Waals surface area contributed by atoms with Crippen LogP contribution in [0.5, 0.6) is 0 Å². The number of thiophene rings is 1. The molecule has 2 aromatic rings. The van der Waals surface area contributed by atoms with Crippen molar-refractivity contribution < 1.29 is 27.5 Å². The number of alkyl halides is 3. The average Bonchev–Trinajstić information content (AvgIpc) is 3.03. The van der Waals surface area contributed by atoms with Gasteiger partial charge in [-0.15, -0.1) is 11.3 Å². The van der Waals surface area contributed by atoms with Gasteiger partial charge in [0.15, 0.2) is 0 Å². The van der Waals surface area contributed by atoms with E-state index in [2.05, 4.69) is 15.6 Å². The van der Waals surface area contributed by atoms with Crippen molar-refractivity contribution in [1.29, 1.82) is 0 Å². The molecule has 3 heterocycles. The summed E-state index contributed by atoms with van der Waals surface area (Å²) in [4.78, 5) is 29.8. The van der Waals surface area contributed by atoms with Gasteiger partial charge in [-0.1, -0.05) is 20.8 Å². The first-order chi connectivity index (χ1) is 13.9. The van der Waals surface area contributed by atoms with Gasteiger partial charge in [-0.3, -0.25) is 4.79 Å². The highest BCUT2D eigenvalue weighted by molar-refractivity contribution is 7.17. The van der Waals surface area contributed by atoms with Crippen LogP contribution < -0.4 is 15.5 Å². The third-order valence-corrected chi connectivity index (χ3v) is 5.45. The summed E-state index contributed by atoms with van der Waals surface area (Å²) >= 11 is 0.838. The third-order valence-electron chi connectivity index (χ3n) is 4.45. The van der Waals surface area contributed by atoms with Crippen LogP contribution in [0.4, 0.5) is 23.8 Å². The van der Waals surface area contributed by atoms with E-state index in [1.165, 1.54) is 12.4 Å². The summed E-state index contributed by atoms with van der Waals surface area (Å²) in [5, 5.41) is 6.48. The Morgan fingerprint density at radius 3 is 2.53 bits per heavy atom. The van der Waals surface area contributed by atoms with Crippen LogP contribution >= 0.6 is 11.3 Å². The highest BCUT2D eigenvalue weighted by Crippen LogP contribution is 2.40. The van der Waals surface area contributed by atoms with Gasteiger partial charge in [-0.2, -0.15) is 13.2 Å². The number of hydrogen-bond acceptors (Lipinski definition) is 6. The molecule has 0 saturated carbocycles. The number of fused-ring (bicyclic) bond motifs is 1. The summed E-state index contributed by atoms with van der Waals surface area (Å²) in [6.45, 7) is 6.64. The summed E-state index contributed by atoms with van der Waals surface area (Å²) in [6.07, 6.45) is -5.14. The van der Waals surface area contributed by atoms with E-state index in [1.807, 2.05) is 20.8 Å². The molecule has 164 valence electrons. The van der Waals surface area contributed by atoms with Gasteiger partial charge in [0.05, 0.1) is 34.0 Å². The van der Waals surface area contributed by atoms with Crippen molar-refractivity contribution in [2.45, 2.75) is 33.0 Å². The van der Waals surface area contributed by atoms with Gasteiger partial charge in [-0.25, -0.2) is 9.78 Å². The maximum Gasteiger partial charge on any atom is 0.417 e. The summed E-state index contributed by atoms with van der Waals surface area (Å²) < 4.78 is 45.8. The molecular formula is C19H23F3N4O3S. The molecule has 0 atom stereocenters. The molecule has 0 radical (unpaired) electrons. The molecule has 0 bridgehead atoms. The minimum Gasteiger partial charge on any atom is -0.449 e. The second kappa shape index (κ2) is 7.93. The fraction of sp³-hybridized carbons (Fsp3) is 0.526. The lowest BCUT2D eigenvalue weighted by Crippen LogP contribution is -2.60. The van der Waals surface area contributed by atoms with Gasteiger partial charge in [0.25, 0.3) is 5.91 Å². The molecule has 1 aliphatic rings. The Labute approximate surface area is 175 Å².